The Bertz CT molecular complexity index is 347. The summed E-state index contributed by atoms with van der Waals surface area (Å²) >= 11 is 0. The summed E-state index contributed by atoms with van der Waals surface area (Å²) in [4.78, 5) is 20.8. The minimum atomic E-state index is -0.986. The zero-order valence-electron chi connectivity index (χ0n) is 7.15. The molecule has 0 atom stereocenters. The maximum atomic E-state index is 10.6. The highest BCUT2D eigenvalue weighted by molar-refractivity contribution is 6.78. The molecule has 0 fully saturated rings. The Morgan fingerprint density at radius 1 is 1.54 bits per heavy atom. The van der Waals surface area contributed by atoms with Crippen molar-refractivity contribution >= 4 is 24.9 Å². The van der Waals surface area contributed by atoms with Crippen LogP contribution in [-0.4, -0.2) is 24.5 Å². The molecule has 1 aromatic carbocycles. The number of carboxylic acid groups (broad SMARTS) is 1. The maximum absolute atomic E-state index is 10.6. The molecule has 0 aromatic heterocycles. The highest BCUT2D eigenvalue weighted by Crippen LogP contribution is 2.00. The van der Waals surface area contributed by atoms with Gasteiger partial charge in [0.2, 0.25) is 7.28 Å². The van der Waals surface area contributed by atoms with Crippen molar-refractivity contribution in [2.24, 2.45) is 0 Å². The Hall–Kier alpha value is -1.58. The molecule has 0 saturated heterocycles. The monoisotopic (exact) mass is 175 g/mol. The Labute approximate surface area is 76.6 Å². The van der Waals surface area contributed by atoms with E-state index >= 15 is 0 Å². The Morgan fingerprint density at radius 3 is 2.77 bits per heavy atom. The summed E-state index contributed by atoms with van der Waals surface area (Å²) < 4.78 is 0. The lowest BCUT2D eigenvalue weighted by molar-refractivity contribution is 0.0697. The average molecular weight is 175 g/mol. The van der Waals surface area contributed by atoms with Gasteiger partial charge in [-0.2, -0.15) is 0 Å². The molecule has 0 aliphatic carbocycles. The van der Waals surface area contributed by atoms with Crippen LogP contribution in [0.15, 0.2) is 18.2 Å². The van der Waals surface area contributed by atoms with Gasteiger partial charge >= 0.3 is 5.97 Å². The molecule has 65 valence electrons. The van der Waals surface area contributed by atoms with E-state index in [1.807, 2.05) is 6.92 Å². The largest absolute Gasteiger partial charge is 0.478 e. The first-order valence-corrected chi connectivity index (χ1v) is 3.77. The van der Waals surface area contributed by atoms with E-state index in [-0.39, 0.29) is 5.56 Å². The zero-order chi connectivity index (χ0) is 9.84. The van der Waals surface area contributed by atoms with Gasteiger partial charge in [-0.3, -0.25) is 0 Å². The van der Waals surface area contributed by atoms with Gasteiger partial charge < -0.3 is 9.90 Å². The van der Waals surface area contributed by atoms with Crippen LogP contribution in [0.1, 0.15) is 15.9 Å². The van der Waals surface area contributed by atoms with Crippen molar-refractivity contribution < 1.29 is 14.7 Å². The third kappa shape index (κ3) is 2.18. The molecule has 1 aromatic rings. The molecule has 0 saturated carbocycles. The predicted molar refractivity (Wildman–Crippen MR) is 50.3 cm³/mol. The molecule has 0 unspecified atom stereocenters. The van der Waals surface area contributed by atoms with Crippen molar-refractivity contribution in [1.29, 1.82) is 0 Å². The second-order valence-electron chi connectivity index (χ2n) is 2.68. The molecule has 0 amide bonds. The minimum Gasteiger partial charge on any atom is -0.478 e. The van der Waals surface area contributed by atoms with Crippen molar-refractivity contribution in [3.63, 3.8) is 0 Å². The van der Waals surface area contributed by atoms with Crippen molar-refractivity contribution in [3.05, 3.63) is 29.3 Å². The first-order valence-electron chi connectivity index (χ1n) is 3.77. The second kappa shape index (κ2) is 3.89. The van der Waals surface area contributed by atoms with Gasteiger partial charge in [-0.1, -0.05) is 23.2 Å². The highest BCUT2D eigenvalue weighted by atomic mass is 16.4. The van der Waals surface area contributed by atoms with E-state index in [0.29, 0.717) is 11.6 Å². The van der Waals surface area contributed by atoms with Crippen molar-refractivity contribution in [2.75, 3.05) is 0 Å². The topological polar surface area (TPSA) is 54.4 Å². The number of benzene rings is 1. The molecule has 0 aliphatic heterocycles. The van der Waals surface area contributed by atoms with Gasteiger partial charge in [0.1, 0.15) is 0 Å². The lowest BCUT2D eigenvalue weighted by atomic mass is 9.70. The number of aryl methyl sites for hydroxylation is 1. The van der Waals surface area contributed by atoms with Gasteiger partial charge in [0, 0.05) is 0 Å². The van der Waals surface area contributed by atoms with E-state index in [1.165, 1.54) is 19.4 Å². The van der Waals surface area contributed by atoms with Crippen molar-refractivity contribution in [3.8, 4) is 0 Å². The summed E-state index contributed by atoms with van der Waals surface area (Å²) in [5.74, 6) is -0.986. The predicted octanol–water partition coefficient (Wildman–Crippen LogP) is 0.213. The van der Waals surface area contributed by atoms with Crippen LogP contribution in [0.3, 0.4) is 0 Å². The van der Waals surface area contributed by atoms with E-state index in [9.17, 15) is 9.59 Å². The standard InChI is InChI=1S/C9H8BO3/c1-6-2-3-7(9(12)13)4-8(6)10-5-11/h2-5H,1H3,(H,12,13). The van der Waals surface area contributed by atoms with Gasteiger partial charge in [-0.05, 0) is 13.0 Å². The summed E-state index contributed by atoms with van der Waals surface area (Å²) in [7, 11) is 1.35. The fourth-order valence-corrected chi connectivity index (χ4v) is 1.03. The van der Waals surface area contributed by atoms with E-state index in [4.69, 9.17) is 5.11 Å². The van der Waals surface area contributed by atoms with Crippen LogP contribution >= 0.6 is 0 Å². The highest BCUT2D eigenvalue weighted by Gasteiger charge is 2.05. The minimum absolute atomic E-state index is 0.193. The molecule has 4 heteroatoms. The number of rotatable bonds is 3. The van der Waals surface area contributed by atoms with Crippen LogP contribution in [0, 0.1) is 6.92 Å². The Kier molecular flexibility index (Phi) is 2.85. The first-order chi connectivity index (χ1) is 6.15. The fourth-order valence-electron chi connectivity index (χ4n) is 1.03. The Morgan fingerprint density at radius 2 is 2.23 bits per heavy atom. The fraction of sp³-hybridized carbons (Fsp3) is 0.111. The summed E-state index contributed by atoms with van der Waals surface area (Å²) in [6.45, 7) is 1.82. The third-order valence-corrected chi connectivity index (χ3v) is 1.77. The molecule has 13 heavy (non-hydrogen) atoms. The van der Waals surface area contributed by atoms with Crippen molar-refractivity contribution in [2.45, 2.75) is 6.92 Å². The second-order valence-corrected chi connectivity index (χ2v) is 2.68. The molecule has 0 bridgehead atoms. The van der Waals surface area contributed by atoms with Crippen LogP contribution in [-0.2, 0) is 4.79 Å². The smallest absolute Gasteiger partial charge is 0.335 e. The van der Waals surface area contributed by atoms with Crippen molar-refractivity contribution in [1.82, 2.24) is 0 Å². The number of carbonyl (C=O) groups is 2. The molecule has 3 nitrogen and oxygen atoms in total. The van der Waals surface area contributed by atoms with Gasteiger partial charge in [-0.15, -0.1) is 0 Å². The summed E-state index contributed by atoms with van der Waals surface area (Å²) in [6, 6.07) is 4.67. The van der Waals surface area contributed by atoms with E-state index in [1.54, 1.807) is 6.07 Å². The van der Waals surface area contributed by atoms with Gasteiger partial charge in [0.25, 0.3) is 0 Å². The number of aromatic carboxylic acids is 1. The SMILES string of the molecule is Cc1ccc(C(=O)O)cc1[B]C=O. The summed E-state index contributed by atoms with van der Waals surface area (Å²) in [6.07, 6.45) is 0.647. The number of hydrogen-bond acceptors (Lipinski definition) is 2. The van der Waals surface area contributed by atoms with Crippen LogP contribution in [0.2, 0.25) is 0 Å². The lowest BCUT2D eigenvalue weighted by Crippen LogP contribution is -2.20. The number of carbonyl (C=O) groups excluding carboxylic acids is 1. The molecule has 1 radical (unpaired) electrons. The Balaban J connectivity index is 3.10. The van der Waals surface area contributed by atoms with Crippen LogP contribution in [0.5, 0.6) is 0 Å². The summed E-state index contributed by atoms with van der Waals surface area (Å²) in [5.41, 5.74) is 1.73. The molecular formula is C9H8BO3. The molecule has 1 N–H and O–H groups in total. The van der Waals surface area contributed by atoms with Gasteiger partial charge in [0.05, 0.1) is 11.7 Å². The first kappa shape index (κ1) is 9.51. The molecule has 0 aliphatic rings. The maximum Gasteiger partial charge on any atom is 0.335 e. The molecule has 1 rings (SSSR count). The third-order valence-electron chi connectivity index (χ3n) is 1.77. The quantitative estimate of drug-likeness (QED) is 0.527. The van der Waals surface area contributed by atoms with E-state index in [2.05, 4.69) is 0 Å². The van der Waals surface area contributed by atoms with Gasteiger partial charge in [0.15, 0.2) is 0 Å². The molecule has 0 spiro atoms. The lowest BCUT2D eigenvalue weighted by Gasteiger charge is -2.02. The zero-order valence-corrected chi connectivity index (χ0v) is 7.15. The normalized spacial score (nSPS) is 9.31. The average Bonchev–Trinajstić information content (AvgIpc) is 2.08. The number of hydrogen-bond donors (Lipinski definition) is 1. The molecule has 0 heterocycles. The van der Waals surface area contributed by atoms with Gasteiger partial charge in [-0.25, -0.2) is 4.79 Å². The van der Waals surface area contributed by atoms with E-state index in [0.717, 1.165) is 5.56 Å². The van der Waals surface area contributed by atoms with E-state index < -0.39 is 5.97 Å². The van der Waals surface area contributed by atoms with Crippen LogP contribution < -0.4 is 5.46 Å². The van der Waals surface area contributed by atoms with Crippen LogP contribution in [0.25, 0.3) is 0 Å². The summed E-state index contributed by atoms with van der Waals surface area (Å²) in [5, 5.41) is 8.67. The van der Waals surface area contributed by atoms with Crippen LogP contribution in [0.4, 0.5) is 0 Å². The molecular weight excluding hydrogens is 167 g/mol. The number of carboxylic acids is 1.